The highest BCUT2D eigenvalue weighted by Crippen LogP contribution is 2.26. The SMILES string of the molecule is COc1ccc(NCc2ccc(OCC(=O)Nc3cc(C)ccc3C)c(Cl)c2)cc1. The third-order valence-corrected chi connectivity index (χ3v) is 4.90. The van der Waals surface area contributed by atoms with Gasteiger partial charge in [-0.1, -0.05) is 29.8 Å². The molecule has 5 nitrogen and oxygen atoms in total. The van der Waals surface area contributed by atoms with Crippen LogP contribution in [0.3, 0.4) is 0 Å². The summed E-state index contributed by atoms with van der Waals surface area (Å²) in [5, 5.41) is 6.66. The molecule has 0 atom stereocenters. The van der Waals surface area contributed by atoms with Gasteiger partial charge in [0.25, 0.3) is 5.91 Å². The largest absolute Gasteiger partial charge is 0.497 e. The third-order valence-electron chi connectivity index (χ3n) is 4.61. The first-order valence-electron chi connectivity index (χ1n) is 9.61. The molecule has 3 aromatic carbocycles. The Labute approximate surface area is 182 Å². The van der Waals surface area contributed by atoms with Gasteiger partial charge in [-0.05, 0) is 73.0 Å². The number of rotatable bonds is 8. The molecule has 6 heteroatoms. The molecule has 0 bridgehead atoms. The number of ether oxygens (including phenoxy) is 2. The molecule has 30 heavy (non-hydrogen) atoms. The first-order valence-corrected chi connectivity index (χ1v) is 9.98. The van der Waals surface area contributed by atoms with E-state index < -0.39 is 0 Å². The minimum atomic E-state index is -0.231. The van der Waals surface area contributed by atoms with Gasteiger partial charge in [0.05, 0.1) is 12.1 Å². The zero-order valence-corrected chi connectivity index (χ0v) is 18.0. The van der Waals surface area contributed by atoms with Crippen LogP contribution in [-0.4, -0.2) is 19.6 Å². The van der Waals surface area contributed by atoms with E-state index in [9.17, 15) is 4.79 Å². The second kappa shape index (κ2) is 10.0. The molecule has 0 aliphatic heterocycles. The molecule has 0 aliphatic carbocycles. The summed E-state index contributed by atoms with van der Waals surface area (Å²) < 4.78 is 10.8. The number of amides is 1. The second-order valence-electron chi connectivity index (χ2n) is 7.00. The van der Waals surface area contributed by atoms with Gasteiger partial charge < -0.3 is 20.1 Å². The number of carbonyl (C=O) groups is 1. The van der Waals surface area contributed by atoms with E-state index in [-0.39, 0.29) is 12.5 Å². The summed E-state index contributed by atoms with van der Waals surface area (Å²) >= 11 is 6.34. The Balaban J connectivity index is 1.53. The molecule has 0 saturated heterocycles. The molecule has 0 fully saturated rings. The Morgan fingerprint density at radius 3 is 2.47 bits per heavy atom. The van der Waals surface area contributed by atoms with Gasteiger partial charge in [0.2, 0.25) is 0 Å². The summed E-state index contributed by atoms with van der Waals surface area (Å²) in [5.41, 5.74) is 4.85. The lowest BCUT2D eigenvalue weighted by Gasteiger charge is -2.12. The summed E-state index contributed by atoms with van der Waals surface area (Å²) in [4.78, 5) is 12.2. The minimum absolute atomic E-state index is 0.115. The zero-order chi connectivity index (χ0) is 21.5. The number of hydrogen-bond acceptors (Lipinski definition) is 4. The summed E-state index contributed by atoms with van der Waals surface area (Å²) in [7, 11) is 1.64. The van der Waals surface area contributed by atoms with E-state index in [4.69, 9.17) is 21.1 Å². The molecule has 0 spiro atoms. The Hall–Kier alpha value is -3.18. The number of benzene rings is 3. The third kappa shape index (κ3) is 5.91. The highest BCUT2D eigenvalue weighted by atomic mass is 35.5. The predicted molar refractivity (Wildman–Crippen MR) is 122 cm³/mol. The van der Waals surface area contributed by atoms with Gasteiger partial charge in [0.15, 0.2) is 6.61 Å². The Morgan fingerprint density at radius 1 is 1.00 bits per heavy atom. The van der Waals surface area contributed by atoms with Crippen LogP contribution in [0.1, 0.15) is 16.7 Å². The molecule has 0 saturated carbocycles. The first kappa shape index (κ1) is 21.5. The van der Waals surface area contributed by atoms with Gasteiger partial charge in [-0.3, -0.25) is 4.79 Å². The van der Waals surface area contributed by atoms with Gasteiger partial charge in [0, 0.05) is 17.9 Å². The number of hydrogen-bond donors (Lipinski definition) is 2. The highest BCUT2D eigenvalue weighted by molar-refractivity contribution is 6.32. The van der Waals surface area contributed by atoms with Crippen LogP contribution in [0.25, 0.3) is 0 Å². The van der Waals surface area contributed by atoms with Crippen molar-refractivity contribution in [2.75, 3.05) is 24.4 Å². The smallest absolute Gasteiger partial charge is 0.262 e. The monoisotopic (exact) mass is 424 g/mol. The van der Waals surface area contributed by atoms with Crippen LogP contribution < -0.4 is 20.1 Å². The quantitative estimate of drug-likeness (QED) is 0.494. The molecule has 0 heterocycles. The van der Waals surface area contributed by atoms with E-state index >= 15 is 0 Å². The molecule has 2 N–H and O–H groups in total. The summed E-state index contributed by atoms with van der Waals surface area (Å²) in [5.74, 6) is 1.05. The number of methoxy groups -OCH3 is 1. The lowest BCUT2D eigenvalue weighted by atomic mass is 10.1. The van der Waals surface area contributed by atoms with Gasteiger partial charge in [0.1, 0.15) is 11.5 Å². The Kier molecular flexibility index (Phi) is 7.20. The summed E-state index contributed by atoms with van der Waals surface area (Å²) in [6, 6.07) is 19.1. The van der Waals surface area contributed by atoms with E-state index in [1.54, 1.807) is 13.2 Å². The Morgan fingerprint density at radius 2 is 1.77 bits per heavy atom. The van der Waals surface area contributed by atoms with Gasteiger partial charge in [-0.2, -0.15) is 0 Å². The van der Waals surface area contributed by atoms with E-state index in [1.807, 2.05) is 68.4 Å². The molecule has 3 aromatic rings. The van der Waals surface area contributed by atoms with Crippen molar-refractivity contribution in [1.82, 2.24) is 0 Å². The van der Waals surface area contributed by atoms with Crippen molar-refractivity contribution in [3.8, 4) is 11.5 Å². The zero-order valence-electron chi connectivity index (χ0n) is 17.3. The fourth-order valence-electron chi connectivity index (χ4n) is 2.88. The second-order valence-corrected chi connectivity index (χ2v) is 7.41. The summed E-state index contributed by atoms with van der Waals surface area (Å²) in [6.07, 6.45) is 0. The number of aryl methyl sites for hydroxylation is 2. The normalized spacial score (nSPS) is 10.4. The van der Waals surface area contributed by atoms with E-state index in [0.29, 0.717) is 17.3 Å². The van der Waals surface area contributed by atoms with E-state index in [1.165, 1.54) is 0 Å². The van der Waals surface area contributed by atoms with E-state index in [0.717, 1.165) is 33.8 Å². The topological polar surface area (TPSA) is 59.6 Å². The lowest BCUT2D eigenvalue weighted by molar-refractivity contribution is -0.118. The minimum Gasteiger partial charge on any atom is -0.497 e. The fourth-order valence-corrected chi connectivity index (χ4v) is 3.14. The highest BCUT2D eigenvalue weighted by Gasteiger charge is 2.09. The van der Waals surface area contributed by atoms with Crippen LogP contribution in [0.5, 0.6) is 11.5 Å². The molecular weight excluding hydrogens is 400 g/mol. The molecule has 0 radical (unpaired) electrons. The van der Waals surface area contributed by atoms with Crippen molar-refractivity contribution < 1.29 is 14.3 Å². The standard InChI is InChI=1S/C24H25ClN2O3/c1-16-4-5-17(2)22(12-16)27-24(28)15-30-23-11-6-18(13-21(23)25)14-26-19-7-9-20(29-3)10-8-19/h4-13,26H,14-15H2,1-3H3,(H,27,28). The first-order chi connectivity index (χ1) is 14.4. The van der Waals surface area contributed by atoms with Crippen LogP contribution in [0, 0.1) is 13.8 Å². The van der Waals surface area contributed by atoms with Gasteiger partial charge in [-0.15, -0.1) is 0 Å². The Bertz CT molecular complexity index is 1020. The van der Waals surface area contributed by atoms with Gasteiger partial charge >= 0.3 is 0 Å². The van der Waals surface area contributed by atoms with Crippen LogP contribution in [0.2, 0.25) is 5.02 Å². The molecule has 0 aliphatic rings. The number of halogens is 1. The van der Waals surface area contributed by atoms with Crippen LogP contribution in [0.15, 0.2) is 60.7 Å². The number of carbonyl (C=O) groups excluding carboxylic acids is 1. The number of anilines is 2. The molecule has 3 rings (SSSR count). The number of nitrogens with one attached hydrogen (secondary N) is 2. The van der Waals surface area contributed by atoms with Gasteiger partial charge in [-0.25, -0.2) is 0 Å². The molecule has 0 unspecified atom stereocenters. The predicted octanol–water partition coefficient (Wildman–Crippen LogP) is 5.60. The van der Waals surface area contributed by atoms with Crippen LogP contribution in [-0.2, 0) is 11.3 Å². The van der Waals surface area contributed by atoms with Crippen LogP contribution in [0.4, 0.5) is 11.4 Å². The average Bonchev–Trinajstić information content (AvgIpc) is 2.74. The van der Waals surface area contributed by atoms with Crippen molar-refractivity contribution in [2.45, 2.75) is 20.4 Å². The lowest BCUT2D eigenvalue weighted by Crippen LogP contribution is -2.20. The van der Waals surface area contributed by atoms with Crippen molar-refractivity contribution in [3.63, 3.8) is 0 Å². The average molecular weight is 425 g/mol. The molecule has 1 amide bonds. The van der Waals surface area contributed by atoms with Crippen molar-refractivity contribution >= 4 is 28.9 Å². The molecule has 156 valence electrons. The molecule has 0 aromatic heterocycles. The fraction of sp³-hybridized carbons (Fsp3) is 0.208. The maximum Gasteiger partial charge on any atom is 0.262 e. The maximum atomic E-state index is 12.2. The van der Waals surface area contributed by atoms with Crippen molar-refractivity contribution in [1.29, 1.82) is 0 Å². The molecular formula is C24H25ClN2O3. The summed E-state index contributed by atoms with van der Waals surface area (Å²) in [6.45, 7) is 4.43. The van der Waals surface area contributed by atoms with Crippen molar-refractivity contribution in [3.05, 3.63) is 82.4 Å². The van der Waals surface area contributed by atoms with Crippen molar-refractivity contribution in [2.24, 2.45) is 0 Å². The van der Waals surface area contributed by atoms with E-state index in [2.05, 4.69) is 10.6 Å². The maximum absolute atomic E-state index is 12.2. The van der Waals surface area contributed by atoms with Crippen LogP contribution >= 0.6 is 11.6 Å².